The smallest absolute Gasteiger partial charge is 0.271 e. The Morgan fingerprint density at radius 1 is 1.05 bits per heavy atom. The Kier molecular flexibility index (Phi) is 11.2. The first-order valence-corrected chi connectivity index (χ1v) is 15.3. The number of methoxy groups -OCH3 is 1. The molecule has 1 N–H and O–H groups in total. The van der Waals surface area contributed by atoms with Crippen LogP contribution in [0.5, 0.6) is 5.75 Å². The van der Waals surface area contributed by atoms with Gasteiger partial charge < -0.3 is 15.0 Å². The number of amides is 2. The van der Waals surface area contributed by atoms with E-state index in [2.05, 4.69) is 5.32 Å². The van der Waals surface area contributed by atoms with Crippen LogP contribution >= 0.6 is 0 Å². The van der Waals surface area contributed by atoms with Crippen LogP contribution in [0.1, 0.15) is 25.0 Å². The highest BCUT2D eigenvalue weighted by Gasteiger charge is 2.34. The number of carbonyl (C=O) groups excluding carboxylic acids is 2. The molecule has 230 valence electrons. The van der Waals surface area contributed by atoms with E-state index < -0.39 is 50.9 Å². The zero-order valence-corrected chi connectivity index (χ0v) is 25.2. The summed E-state index contributed by atoms with van der Waals surface area (Å²) in [6.07, 6.45) is 0.903. The third-order valence-corrected chi connectivity index (χ3v) is 7.70. The fraction of sp³-hybridized carbons (Fsp3) is 0.333. The lowest BCUT2D eigenvalue weighted by molar-refractivity contribution is -0.384. The molecule has 1 atom stereocenters. The van der Waals surface area contributed by atoms with Gasteiger partial charge in [0.1, 0.15) is 29.8 Å². The minimum atomic E-state index is -4.22. The number of anilines is 1. The number of nitrogens with zero attached hydrogens (tertiary/aromatic N) is 3. The van der Waals surface area contributed by atoms with Crippen molar-refractivity contribution in [1.29, 1.82) is 0 Å². The van der Waals surface area contributed by atoms with Crippen molar-refractivity contribution in [3.63, 3.8) is 0 Å². The Bertz CT molecular complexity index is 1550. The quantitative estimate of drug-likeness (QED) is 0.215. The van der Waals surface area contributed by atoms with Crippen molar-refractivity contribution in [2.45, 2.75) is 32.9 Å². The zero-order valence-electron chi connectivity index (χ0n) is 24.4. The number of ether oxygens (including phenoxy) is 1. The van der Waals surface area contributed by atoms with Crippen molar-refractivity contribution in [3.8, 4) is 5.75 Å². The molecule has 13 heteroatoms. The highest BCUT2D eigenvalue weighted by Crippen LogP contribution is 2.34. The van der Waals surface area contributed by atoms with E-state index in [1.165, 1.54) is 31.4 Å². The summed E-state index contributed by atoms with van der Waals surface area (Å²) in [6, 6.07) is 16.9. The topological polar surface area (TPSA) is 139 Å². The number of hydrogen-bond donors (Lipinski definition) is 1. The third kappa shape index (κ3) is 8.98. The summed E-state index contributed by atoms with van der Waals surface area (Å²) in [5, 5.41) is 14.3. The number of rotatable bonds is 14. The van der Waals surface area contributed by atoms with Crippen molar-refractivity contribution >= 4 is 33.2 Å². The third-order valence-electron chi connectivity index (χ3n) is 6.58. The molecule has 3 rings (SSSR count). The Labute approximate surface area is 250 Å². The molecule has 0 aliphatic rings. The van der Waals surface area contributed by atoms with E-state index in [0.29, 0.717) is 10.8 Å². The van der Waals surface area contributed by atoms with Crippen molar-refractivity contribution in [1.82, 2.24) is 10.2 Å². The van der Waals surface area contributed by atoms with Gasteiger partial charge in [0.2, 0.25) is 21.8 Å². The van der Waals surface area contributed by atoms with Gasteiger partial charge in [0.15, 0.2) is 0 Å². The predicted octanol–water partition coefficient (Wildman–Crippen LogP) is 3.92. The van der Waals surface area contributed by atoms with E-state index in [4.69, 9.17) is 4.74 Å². The first-order valence-electron chi connectivity index (χ1n) is 13.5. The Morgan fingerprint density at radius 2 is 1.70 bits per heavy atom. The summed E-state index contributed by atoms with van der Waals surface area (Å²) < 4.78 is 46.8. The number of benzene rings is 3. The van der Waals surface area contributed by atoms with Crippen LogP contribution in [0, 0.1) is 21.8 Å². The molecule has 3 aromatic rings. The first-order chi connectivity index (χ1) is 20.3. The van der Waals surface area contributed by atoms with Crippen molar-refractivity contribution in [2.75, 3.05) is 30.8 Å². The normalized spacial score (nSPS) is 12.0. The van der Waals surface area contributed by atoms with Gasteiger partial charge in [0, 0.05) is 37.2 Å². The van der Waals surface area contributed by atoms with E-state index in [1.54, 1.807) is 36.4 Å². The van der Waals surface area contributed by atoms with Gasteiger partial charge >= 0.3 is 0 Å². The lowest BCUT2D eigenvalue weighted by Gasteiger charge is -2.34. The van der Waals surface area contributed by atoms with Crippen LogP contribution in [0.4, 0.5) is 15.8 Å². The minimum absolute atomic E-state index is 0.0278. The molecule has 0 aliphatic heterocycles. The molecule has 0 aliphatic carbocycles. The molecule has 2 amide bonds. The van der Waals surface area contributed by atoms with Crippen LogP contribution in [-0.4, -0.2) is 62.6 Å². The van der Waals surface area contributed by atoms with Gasteiger partial charge in [-0.1, -0.05) is 62.4 Å². The van der Waals surface area contributed by atoms with Gasteiger partial charge in [-0.25, -0.2) is 12.8 Å². The lowest BCUT2D eigenvalue weighted by atomic mass is 10.0. The number of nitro groups is 1. The summed E-state index contributed by atoms with van der Waals surface area (Å²) in [4.78, 5) is 39.7. The van der Waals surface area contributed by atoms with E-state index in [1.807, 2.05) is 13.8 Å². The Hall–Kier alpha value is -4.52. The number of carbonyl (C=O) groups is 2. The van der Waals surface area contributed by atoms with Gasteiger partial charge in [-0.15, -0.1) is 0 Å². The molecule has 0 saturated carbocycles. The predicted molar refractivity (Wildman–Crippen MR) is 161 cm³/mol. The van der Waals surface area contributed by atoms with E-state index in [0.717, 1.165) is 28.9 Å². The van der Waals surface area contributed by atoms with Crippen LogP contribution in [0.2, 0.25) is 0 Å². The molecular weight excluding hydrogens is 579 g/mol. The monoisotopic (exact) mass is 614 g/mol. The first kappa shape index (κ1) is 33.0. The molecule has 0 fully saturated rings. The van der Waals surface area contributed by atoms with Gasteiger partial charge in [0.25, 0.3) is 5.69 Å². The molecule has 0 spiro atoms. The van der Waals surface area contributed by atoms with E-state index >= 15 is 0 Å². The summed E-state index contributed by atoms with van der Waals surface area (Å²) in [5.74, 6) is -1.87. The van der Waals surface area contributed by atoms with E-state index in [-0.39, 0.29) is 35.9 Å². The molecule has 0 bridgehead atoms. The van der Waals surface area contributed by atoms with Crippen molar-refractivity contribution < 1.29 is 32.1 Å². The molecule has 11 nitrogen and oxygen atoms in total. The number of nitrogens with one attached hydrogen (secondary N) is 1. The highest BCUT2D eigenvalue weighted by molar-refractivity contribution is 7.92. The summed E-state index contributed by atoms with van der Waals surface area (Å²) >= 11 is 0. The number of non-ortho nitro benzene ring substituents is 1. The molecule has 0 saturated heterocycles. The van der Waals surface area contributed by atoms with Crippen LogP contribution in [-0.2, 0) is 32.6 Å². The number of hydrogen-bond acceptors (Lipinski definition) is 7. The minimum Gasteiger partial charge on any atom is -0.495 e. The molecule has 0 aromatic heterocycles. The summed E-state index contributed by atoms with van der Waals surface area (Å²) in [5.41, 5.74) is 0.181. The zero-order chi connectivity index (χ0) is 31.7. The van der Waals surface area contributed by atoms with Crippen LogP contribution < -0.4 is 14.4 Å². The number of halogens is 1. The van der Waals surface area contributed by atoms with Crippen LogP contribution in [0.25, 0.3) is 0 Å². The molecule has 43 heavy (non-hydrogen) atoms. The molecule has 0 unspecified atom stereocenters. The second-order valence-corrected chi connectivity index (χ2v) is 12.2. The Morgan fingerprint density at radius 3 is 2.28 bits per heavy atom. The molecule has 0 radical (unpaired) electrons. The molecule has 0 heterocycles. The average molecular weight is 615 g/mol. The summed E-state index contributed by atoms with van der Waals surface area (Å²) in [6.45, 7) is 2.94. The number of sulfonamides is 1. The Balaban J connectivity index is 2.13. The maximum Gasteiger partial charge on any atom is 0.271 e. The standard InChI is InChI=1S/C30H35FN4O7S/c1-21(2)18-32-30(37)27(16-22-10-6-5-7-11-22)33(19-23-12-8-9-13-25(23)31)29(36)20-34(43(4,40)41)26-17-24(35(38)39)14-15-28(26)42-3/h5-15,17,21,27H,16,18-20H2,1-4H3,(H,32,37)/t27-/m0/s1. The van der Waals surface area contributed by atoms with Crippen LogP contribution in [0.3, 0.4) is 0 Å². The van der Waals surface area contributed by atoms with Crippen molar-refractivity contribution in [2.24, 2.45) is 5.92 Å². The average Bonchev–Trinajstić information content (AvgIpc) is 2.96. The van der Waals surface area contributed by atoms with Gasteiger partial charge in [0.05, 0.1) is 18.3 Å². The maximum absolute atomic E-state index is 14.9. The maximum atomic E-state index is 14.9. The van der Waals surface area contributed by atoms with Gasteiger partial charge in [-0.3, -0.25) is 24.0 Å². The second kappa shape index (κ2) is 14.6. The highest BCUT2D eigenvalue weighted by atomic mass is 32.2. The SMILES string of the molecule is COc1ccc([N+](=O)[O-])cc1N(CC(=O)N(Cc1ccccc1F)[C@@H](Cc1ccccc1)C(=O)NCC(C)C)S(C)(=O)=O. The summed E-state index contributed by atoms with van der Waals surface area (Å²) in [7, 11) is -2.96. The fourth-order valence-electron chi connectivity index (χ4n) is 4.37. The molecular formula is C30H35FN4O7S. The molecule has 3 aromatic carbocycles. The van der Waals surface area contributed by atoms with Crippen molar-refractivity contribution in [3.05, 3.63) is 99.9 Å². The van der Waals surface area contributed by atoms with Crippen LogP contribution in [0.15, 0.2) is 72.8 Å². The van der Waals surface area contributed by atoms with E-state index in [9.17, 15) is 32.5 Å². The van der Waals surface area contributed by atoms with Gasteiger partial charge in [-0.05, 0) is 23.6 Å². The lowest BCUT2D eigenvalue weighted by Crippen LogP contribution is -2.53. The second-order valence-electron chi connectivity index (χ2n) is 10.3. The van der Waals surface area contributed by atoms with Gasteiger partial charge in [-0.2, -0.15) is 0 Å². The largest absolute Gasteiger partial charge is 0.495 e. The fourth-order valence-corrected chi connectivity index (χ4v) is 5.21. The number of nitro benzene ring substituents is 1.